The van der Waals surface area contributed by atoms with Gasteiger partial charge < -0.3 is 9.64 Å². The van der Waals surface area contributed by atoms with E-state index in [9.17, 15) is 4.79 Å². The summed E-state index contributed by atoms with van der Waals surface area (Å²) in [5.74, 6) is -0.314. The highest BCUT2D eigenvalue weighted by Crippen LogP contribution is 2.29. The number of hydrogen-bond acceptors (Lipinski definition) is 3. The topological polar surface area (TPSA) is 29.5 Å². The Morgan fingerprint density at radius 3 is 2.35 bits per heavy atom. The Morgan fingerprint density at radius 2 is 1.70 bits per heavy atom. The minimum Gasteiger partial charge on any atom is -0.465 e. The highest BCUT2D eigenvalue weighted by Gasteiger charge is 2.22. The van der Waals surface area contributed by atoms with Gasteiger partial charge in [0.05, 0.1) is 18.7 Å². The first kappa shape index (κ1) is 15.1. The molecule has 0 saturated carbocycles. The minimum atomic E-state index is -0.314. The first-order chi connectivity index (χ1) is 11.3. The largest absolute Gasteiger partial charge is 0.465 e. The third kappa shape index (κ3) is 3.51. The quantitative estimate of drug-likeness (QED) is 0.803. The molecular formula is C20H19NO2. The van der Waals surface area contributed by atoms with Crippen molar-refractivity contribution in [1.29, 1.82) is 0 Å². The number of hydrogen-bond donors (Lipinski definition) is 0. The van der Waals surface area contributed by atoms with Gasteiger partial charge in [-0.2, -0.15) is 0 Å². The Kier molecular flexibility index (Phi) is 4.57. The van der Waals surface area contributed by atoms with Gasteiger partial charge in [0.2, 0.25) is 0 Å². The molecule has 0 aliphatic carbocycles. The Labute approximate surface area is 136 Å². The van der Waals surface area contributed by atoms with E-state index in [2.05, 4.69) is 29.2 Å². The van der Waals surface area contributed by atoms with Crippen molar-refractivity contribution in [2.75, 3.05) is 7.11 Å². The summed E-state index contributed by atoms with van der Waals surface area (Å²) in [6, 6.07) is 20.6. The highest BCUT2D eigenvalue weighted by atomic mass is 16.5. The average Bonchev–Trinajstić information content (AvgIpc) is 2.62. The molecule has 116 valence electrons. The van der Waals surface area contributed by atoms with E-state index in [-0.39, 0.29) is 12.0 Å². The second kappa shape index (κ2) is 6.97. The van der Waals surface area contributed by atoms with E-state index < -0.39 is 0 Å². The van der Waals surface area contributed by atoms with Crippen molar-refractivity contribution < 1.29 is 9.53 Å². The van der Waals surface area contributed by atoms with Crippen LogP contribution in [0.2, 0.25) is 0 Å². The van der Waals surface area contributed by atoms with Crippen LogP contribution >= 0.6 is 0 Å². The molecule has 3 nitrogen and oxygen atoms in total. The second-order valence-electron chi connectivity index (χ2n) is 5.45. The van der Waals surface area contributed by atoms with Gasteiger partial charge in [-0.25, -0.2) is 4.79 Å². The van der Waals surface area contributed by atoms with Gasteiger partial charge in [0, 0.05) is 12.7 Å². The van der Waals surface area contributed by atoms with Gasteiger partial charge in [-0.15, -0.1) is 0 Å². The number of rotatable bonds is 4. The first-order valence-corrected chi connectivity index (χ1v) is 7.61. The molecule has 0 amide bonds. The van der Waals surface area contributed by atoms with Crippen LogP contribution in [0.15, 0.2) is 84.6 Å². The summed E-state index contributed by atoms with van der Waals surface area (Å²) in [6.45, 7) is 0.727. The summed E-state index contributed by atoms with van der Waals surface area (Å²) >= 11 is 0. The third-order valence-electron chi connectivity index (χ3n) is 3.89. The van der Waals surface area contributed by atoms with Crippen LogP contribution in [0, 0.1) is 0 Å². The number of methoxy groups -OCH3 is 1. The smallest absolute Gasteiger partial charge is 0.339 e. The van der Waals surface area contributed by atoms with Crippen molar-refractivity contribution in [2.45, 2.75) is 12.6 Å². The van der Waals surface area contributed by atoms with Gasteiger partial charge in [0.1, 0.15) is 0 Å². The lowest BCUT2D eigenvalue weighted by atomic mass is 10.00. The molecule has 1 atom stereocenters. The fraction of sp³-hybridized carbons (Fsp3) is 0.150. The normalized spacial score (nSPS) is 16.8. The van der Waals surface area contributed by atoms with Gasteiger partial charge in [0.25, 0.3) is 0 Å². The van der Waals surface area contributed by atoms with Crippen molar-refractivity contribution >= 4 is 5.97 Å². The van der Waals surface area contributed by atoms with E-state index in [1.807, 2.05) is 54.8 Å². The Bertz CT molecular complexity index is 720. The van der Waals surface area contributed by atoms with Crippen LogP contribution in [0.5, 0.6) is 0 Å². The second-order valence-corrected chi connectivity index (χ2v) is 5.45. The van der Waals surface area contributed by atoms with Gasteiger partial charge >= 0.3 is 5.97 Å². The number of carbonyl (C=O) groups excluding carboxylic acids is 1. The van der Waals surface area contributed by atoms with Crippen molar-refractivity contribution in [3.05, 3.63) is 95.7 Å². The van der Waals surface area contributed by atoms with E-state index in [0.29, 0.717) is 5.57 Å². The lowest BCUT2D eigenvalue weighted by molar-refractivity contribution is -0.135. The zero-order valence-corrected chi connectivity index (χ0v) is 13.1. The summed E-state index contributed by atoms with van der Waals surface area (Å²) < 4.78 is 4.84. The van der Waals surface area contributed by atoms with Crippen LogP contribution in [0.4, 0.5) is 0 Å². The number of esters is 1. The molecule has 0 saturated heterocycles. The van der Waals surface area contributed by atoms with Crippen molar-refractivity contribution in [2.24, 2.45) is 0 Å². The summed E-state index contributed by atoms with van der Waals surface area (Å²) in [5, 5.41) is 0. The molecule has 0 radical (unpaired) electrons. The summed E-state index contributed by atoms with van der Waals surface area (Å²) in [5.41, 5.74) is 2.96. The maximum absolute atomic E-state index is 11.8. The van der Waals surface area contributed by atoms with E-state index in [4.69, 9.17) is 4.74 Å². The van der Waals surface area contributed by atoms with E-state index in [1.54, 1.807) is 0 Å². The number of carbonyl (C=O) groups is 1. The summed E-state index contributed by atoms with van der Waals surface area (Å²) in [6.07, 6.45) is 5.77. The molecule has 2 aromatic carbocycles. The summed E-state index contributed by atoms with van der Waals surface area (Å²) in [4.78, 5) is 14.0. The Morgan fingerprint density at radius 1 is 1.04 bits per heavy atom. The Hall–Kier alpha value is -2.81. The van der Waals surface area contributed by atoms with Gasteiger partial charge in [-0.1, -0.05) is 66.7 Å². The molecule has 1 aliphatic rings. The molecule has 0 aromatic heterocycles. The molecule has 2 aromatic rings. The average molecular weight is 305 g/mol. The molecule has 0 bridgehead atoms. The predicted octanol–water partition coefficient (Wildman–Crippen LogP) is 3.86. The fourth-order valence-electron chi connectivity index (χ4n) is 2.74. The van der Waals surface area contributed by atoms with Gasteiger partial charge in [0.15, 0.2) is 0 Å². The van der Waals surface area contributed by atoms with Crippen molar-refractivity contribution in [1.82, 2.24) is 4.90 Å². The van der Waals surface area contributed by atoms with Crippen molar-refractivity contribution in [3.8, 4) is 0 Å². The molecular weight excluding hydrogens is 286 g/mol. The maximum Gasteiger partial charge on any atom is 0.339 e. The van der Waals surface area contributed by atoms with Crippen LogP contribution in [-0.2, 0) is 16.1 Å². The Balaban J connectivity index is 1.91. The monoisotopic (exact) mass is 305 g/mol. The number of ether oxygens (including phenoxy) is 1. The van der Waals surface area contributed by atoms with Crippen molar-refractivity contribution in [3.63, 3.8) is 0 Å². The SMILES string of the molecule is COC(=O)C1=CN(Cc2ccccc2)[C@@H](c2ccccc2)C=C1. The maximum atomic E-state index is 11.8. The number of nitrogens with zero attached hydrogens (tertiary/aromatic N) is 1. The third-order valence-corrected chi connectivity index (χ3v) is 3.89. The molecule has 0 spiro atoms. The molecule has 3 heteroatoms. The van der Waals surface area contributed by atoms with Gasteiger partial charge in [-0.3, -0.25) is 0 Å². The predicted molar refractivity (Wildman–Crippen MR) is 90.4 cm³/mol. The molecule has 0 N–H and O–H groups in total. The van der Waals surface area contributed by atoms with E-state index in [0.717, 1.165) is 6.54 Å². The molecule has 23 heavy (non-hydrogen) atoms. The lowest BCUT2D eigenvalue weighted by Gasteiger charge is -2.32. The van der Waals surface area contributed by atoms with E-state index >= 15 is 0 Å². The van der Waals surface area contributed by atoms with E-state index in [1.165, 1.54) is 18.2 Å². The van der Waals surface area contributed by atoms with Gasteiger partial charge in [-0.05, 0) is 17.2 Å². The van der Waals surface area contributed by atoms with Crippen LogP contribution in [-0.4, -0.2) is 18.0 Å². The highest BCUT2D eigenvalue weighted by molar-refractivity contribution is 5.91. The zero-order valence-electron chi connectivity index (χ0n) is 13.1. The summed E-state index contributed by atoms with van der Waals surface area (Å²) in [7, 11) is 1.40. The first-order valence-electron chi connectivity index (χ1n) is 7.61. The lowest BCUT2D eigenvalue weighted by Crippen LogP contribution is -2.26. The standard InChI is InChI=1S/C20H19NO2/c1-23-20(22)18-12-13-19(17-10-6-3-7-11-17)21(15-18)14-16-8-4-2-5-9-16/h2-13,15,19H,14H2,1H3/t19-/m1/s1. The van der Waals surface area contributed by atoms with Crippen LogP contribution in [0.25, 0.3) is 0 Å². The fourth-order valence-corrected chi connectivity index (χ4v) is 2.74. The molecule has 3 rings (SSSR count). The van der Waals surface area contributed by atoms with Crippen LogP contribution < -0.4 is 0 Å². The molecule has 0 unspecified atom stereocenters. The molecule has 1 heterocycles. The van der Waals surface area contributed by atoms with Crippen LogP contribution in [0.1, 0.15) is 17.2 Å². The zero-order chi connectivity index (χ0) is 16.1. The van der Waals surface area contributed by atoms with Crippen LogP contribution in [0.3, 0.4) is 0 Å². The number of benzene rings is 2. The molecule has 0 fully saturated rings. The minimum absolute atomic E-state index is 0.102. The molecule has 1 aliphatic heterocycles.